The molecule has 2 rings (SSSR count). The van der Waals surface area contributed by atoms with Crippen molar-refractivity contribution < 1.29 is 9.32 Å². The van der Waals surface area contributed by atoms with Gasteiger partial charge in [-0.25, -0.2) is 0 Å². The zero-order valence-corrected chi connectivity index (χ0v) is 14.5. The van der Waals surface area contributed by atoms with Crippen LogP contribution in [0.25, 0.3) is 0 Å². The highest BCUT2D eigenvalue weighted by molar-refractivity contribution is 5.96. The van der Waals surface area contributed by atoms with Crippen molar-refractivity contribution in [3.8, 4) is 0 Å². The maximum atomic E-state index is 12.4. The van der Waals surface area contributed by atoms with Gasteiger partial charge >= 0.3 is 0 Å². The summed E-state index contributed by atoms with van der Waals surface area (Å²) in [5, 5.41) is 6.86. The molecule has 1 N–H and O–H groups in total. The van der Waals surface area contributed by atoms with Gasteiger partial charge < -0.3 is 14.7 Å². The van der Waals surface area contributed by atoms with Crippen molar-refractivity contribution in [2.75, 3.05) is 14.1 Å². The molecule has 5 nitrogen and oxygen atoms in total. The number of hydrogen-bond acceptors (Lipinski definition) is 4. The van der Waals surface area contributed by atoms with Crippen LogP contribution in [0.15, 0.2) is 28.8 Å². The van der Waals surface area contributed by atoms with E-state index < -0.39 is 0 Å². The van der Waals surface area contributed by atoms with E-state index in [-0.39, 0.29) is 11.8 Å². The first-order valence-corrected chi connectivity index (χ1v) is 7.85. The molecule has 1 aromatic carbocycles. The number of carbonyl (C=O) groups is 1. The summed E-state index contributed by atoms with van der Waals surface area (Å²) in [6, 6.07) is 8.27. The fourth-order valence-electron chi connectivity index (χ4n) is 2.46. The predicted octanol–water partition coefficient (Wildman–Crippen LogP) is 3.10. The summed E-state index contributed by atoms with van der Waals surface area (Å²) in [5.41, 5.74) is 3.51. The third-order valence-electron chi connectivity index (χ3n) is 3.62. The molecule has 1 aromatic heterocycles. The molecule has 0 bridgehead atoms. The van der Waals surface area contributed by atoms with E-state index in [0.717, 1.165) is 12.1 Å². The Balaban J connectivity index is 2.01. The molecule has 0 spiro atoms. The molecule has 1 heterocycles. The summed E-state index contributed by atoms with van der Waals surface area (Å²) >= 11 is 0. The van der Waals surface area contributed by atoms with Gasteiger partial charge in [0.2, 0.25) is 0 Å². The number of carbonyl (C=O) groups excluding carboxylic acids is 1. The Morgan fingerprint density at radius 1 is 1.22 bits per heavy atom. The van der Waals surface area contributed by atoms with Crippen LogP contribution in [0, 0.1) is 6.92 Å². The number of aryl methyl sites for hydroxylation is 1. The molecule has 1 amide bonds. The van der Waals surface area contributed by atoms with E-state index in [1.807, 2.05) is 40.1 Å². The Kier molecular flexibility index (Phi) is 5.55. The number of nitrogens with zero attached hydrogens (tertiary/aromatic N) is 2. The highest BCUT2D eigenvalue weighted by Gasteiger charge is 2.22. The lowest BCUT2D eigenvalue weighted by molar-refractivity contribution is 0.0948. The van der Waals surface area contributed by atoms with Crippen LogP contribution in [0.2, 0.25) is 0 Å². The average molecular weight is 315 g/mol. The summed E-state index contributed by atoms with van der Waals surface area (Å²) in [7, 11) is 4.09. The van der Waals surface area contributed by atoms with E-state index in [4.69, 9.17) is 4.52 Å². The standard InChI is InChI=1S/C18H25N3O2/c1-12(2)17-16(13(3)20-23-17)18(22)19-10-14-6-8-15(9-7-14)11-21(4)5/h6-9,12H,10-11H2,1-5H3,(H,19,22). The fourth-order valence-corrected chi connectivity index (χ4v) is 2.46. The second-order valence-electron chi connectivity index (χ2n) is 6.40. The summed E-state index contributed by atoms with van der Waals surface area (Å²) < 4.78 is 5.27. The molecule has 0 radical (unpaired) electrons. The van der Waals surface area contributed by atoms with Gasteiger partial charge in [-0.1, -0.05) is 43.3 Å². The average Bonchev–Trinajstić information content (AvgIpc) is 2.88. The van der Waals surface area contributed by atoms with E-state index in [1.165, 1.54) is 5.56 Å². The van der Waals surface area contributed by atoms with Crippen LogP contribution in [-0.2, 0) is 13.1 Å². The Morgan fingerprint density at radius 3 is 2.39 bits per heavy atom. The smallest absolute Gasteiger partial charge is 0.257 e. The van der Waals surface area contributed by atoms with E-state index in [2.05, 4.69) is 27.5 Å². The number of rotatable bonds is 6. The van der Waals surface area contributed by atoms with Crippen LogP contribution in [0.3, 0.4) is 0 Å². The van der Waals surface area contributed by atoms with Gasteiger partial charge in [-0.2, -0.15) is 0 Å². The van der Waals surface area contributed by atoms with Gasteiger partial charge in [0.1, 0.15) is 5.56 Å². The van der Waals surface area contributed by atoms with E-state index in [1.54, 1.807) is 6.92 Å². The molecule has 2 aromatic rings. The minimum Gasteiger partial charge on any atom is -0.360 e. The fraction of sp³-hybridized carbons (Fsp3) is 0.444. The molecule has 0 saturated heterocycles. The van der Waals surface area contributed by atoms with Crippen molar-refractivity contribution in [2.24, 2.45) is 0 Å². The maximum absolute atomic E-state index is 12.4. The summed E-state index contributed by atoms with van der Waals surface area (Å²) in [4.78, 5) is 14.5. The van der Waals surface area contributed by atoms with E-state index in [9.17, 15) is 4.79 Å². The number of benzene rings is 1. The number of hydrogen-bond donors (Lipinski definition) is 1. The third-order valence-corrected chi connectivity index (χ3v) is 3.62. The van der Waals surface area contributed by atoms with Crippen LogP contribution in [-0.4, -0.2) is 30.1 Å². The largest absolute Gasteiger partial charge is 0.360 e. The first-order valence-electron chi connectivity index (χ1n) is 7.85. The molecule has 5 heteroatoms. The quantitative estimate of drug-likeness (QED) is 0.890. The molecule has 0 aliphatic carbocycles. The number of nitrogens with one attached hydrogen (secondary N) is 1. The lowest BCUT2D eigenvalue weighted by atomic mass is 10.0. The summed E-state index contributed by atoms with van der Waals surface area (Å²) in [6.45, 7) is 7.16. The Morgan fingerprint density at radius 2 is 1.83 bits per heavy atom. The summed E-state index contributed by atoms with van der Waals surface area (Å²) in [6.07, 6.45) is 0. The molecule has 0 aliphatic rings. The van der Waals surface area contributed by atoms with Gasteiger partial charge in [0.25, 0.3) is 5.91 Å². The van der Waals surface area contributed by atoms with Crippen molar-refractivity contribution >= 4 is 5.91 Å². The highest BCUT2D eigenvalue weighted by atomic mass is 16.5. The zero-order valence-electron chi connectivity index (χ0n) is 14.5. The van der Waals surface area contributed by atoms with Crippen LogP contribution >= 0.6 is 0 Å². The van der Waals surface area contributed by atoms with Crippen molar-refractivity contribution in [2.45, 2.75) is 39.8 Å². The summed E-state index contributed by atoms with van der Waals surface area (Å²) in [5.74, 6) is 0.633. The molecule has 0 atom stereocenters. The molecule has 23 heavy (non-hydrogen) atoms. The van der Waals surface area contributed by atoms with Crippen molar-refractivity contribution in [1.82, 2.24) is 15.4 Å². The van der Waals surface area contributed by atoms with Crippen molar-refractivity contribution in [1.29, 1.82) is 0 Å². The van der Waals surface area contributed by atoms with Gasteiger partial charge in [-0.05, 0) is 32.1 Å². The van der Waals surface area contributed by atoms with E-state index >= 15 is 0 Å². The number of aromatic nitrogens is 1. The second kappa shape index (κ2) is 7.42. The van der Waals surface area contributed by atoms with Gasteiger partial charge in [-0.15, -0.1) is 0 Å². The molecule has 0 saturated carbocycles. The third kappa shape index (κ3) is 4.42. The van der Waals surface area contributed by atoms with Crippen LogP contribution < -0.4 is 5.32 Å². The molecule has 124 valence electrons. The minimum absolute atomic E-state index is 0.127. The van der Waals surface area contributed by atoms with Gasteiger partial charge in [0.15, 0.2) is 5.76 Å². The number of amides is 1. The van der Waals surface area contributed by atoms with Crippen molar-refractivity contribution in [3.63, 3.8) is 0 Å². The van der Waals surface area contributed by atoms with E-state index in [0.29, 0.717) is 23.6 Å². The van der Waals surface area contributed by atoms with Crippen molar-refractivity contribution in [3.05, 3.63) is 52.4 Å². The Labute approximate surface area is 137 Å². The molecular weight excluding hydrogens is 290 g/mol. The molecule has 0 unspecified atom stereocenters. The lowest BCUT2D eigenvalue weighted by Crippen LogP contribution is -2.24. The molecule has 0 fully saturated rings. The predicted molar refractivity (Wildman–Crippen MR) is 90.3 cm³/mol. The van der Waals surface area contributed by atoms with Gasteiger partial charge in [0.05, 0.1) is 5.69 Å². The normalized spacial score (nSPS) is 11.3. The second-order valence-corrected chi connectivity index (χ2v) is 6.40. The monoisotopic (exact) mass is 315 g/mol. The molecule has 0 aliphatic heterocycles. The van der Waals surface area contributed by atoms with Gasteiger partial charge in [0, 0.05) is 19.0 Å². The highest BCUT2D eigenvalue weighted by Crippen LogP contribution is 2.22. The zero-order chi connectivity index (χ0) is 17.0. The topological polar surface area (TPSA) is 58.4 Å². The van der Waals surface area contributed by atoms with Gasteiger partial charge in [-0.3, -0.25) is 4.79 Å². The van der Waals surface area contributed by atoms with Crippen LogP contribution in [0.4, 0.5) is 0 Å². The van der Waals surface area contributed by atoms with Crippen LogP contribution in [0.1, 0.15) is 52.7 Å². The first-order chi connectivity index (χ1) is 10.9. The SMILES string of the molecule is Cc1noc(C(C)C)c1C(=O)NCc1ccc(CN(C)C)cc1. The minimum atomic E-state index is -0.134. The Hall–Kier alpha value is -2.14. The maximum Gasteiger partial charge on any atom is 0.257 e. The first kappa shape index (κ1) is 17.2. The van der Waals surface area contributed by atoms with Crippen LogP contribution in [0.5, 0.6) is 0 Å². The molecular formula is C18H25N3O2. The lowest BCUT2D eigenvalue weighted by Gasteiger charge is -2.11. The Bertz CT molecular complexity index is 657.